The third kappa shape index (κ3) is 3.12. The summed E-state index contributed by atoms with van der Waals surface area (Å²) in [7, 11) is 1.60. The summed E-state index contributed by atoms with van der Waals surface area (Å²) in [6.45, 7) is 0. The molecule has 1 atom stereocenters. The summed E-state index contributed by atoms with van der Waals surface area (Å²) >= 11 is 0. The van der Waals surface area contributed by atoms with Gasteiger partial charge in [0.1, 0.15) is 5.75 Å². The highest BCUT2D eigenvalue weighted by atomic mass is 16.5. The van der Waals surface area contributed by atoms with Crippen molar-refractivity contribution in [1.82, 2.24) is 5.32 Å². The molecule has 4 rings (SSSR count). The lowest BCUT2D eigenvalue weighted by Gasteiger charge is -2.28. The van der Waals surface area contributed by atoms with Gasteiger partial charge in [-0.05, 0) is 54.7 Å². The molecule has 1 unspecified atom stereocenters. The molecule has 2 aliphatic carbocycles. The highest BCUT2D eigenvalue weighted by Gasteiger charge is 2.34. The minimum Gasteiger partial charge on any atom is -0.497 e. The number of carbonyl (C=O) groups is 2. The Morgan fingerprint density at radius 1 is 1.35 bits per heavy atom. The van der Waals surface area contributed by atoms with Crippen molar-refractivity contribution >= 4 is 17.5 Å². The molecular formula is C21H20N2O3. The van der Waals surface area contributed by atoms with Crippen LogP contribution in [0, 0.1) is 5.92 Å². The second-order valence-corrected chi connectivity index (χ2v) is 6.71. The normalized spacial score (nSPS) is 22.7. The molecule has 1 aromatic carbocycles. The van der Waals surface area contributed by atoms with Crippen LogP contribution in [-0.2, 0) is 16.0 Å². The topological polar surface area (TPSA) is 67.8 Å². The largest absolute Gasteiger partial charge is 0.497 e. The number of amides is 2. The Bertz CT molecular complexity index is 906. The smallest absolute Gasteiger partial charge is 0.251 e. The van der Waals surface area contributed by atoms with Crippen LogP contribution in [0.3, 0.4) is 0 Å². The van der Waals surface area contributed by atoms with Crippen LogP contribution in [0.4, 0.5) is 0 Å². The molecule has 132 valence electrons. The van der Waals surface area contributed by atoms with Crippen LogP contribution in [0.15, 0.2) is 64.3 Å². The van der Waals surface area contributed by atoms with Gasteiger partial charge in [-0.15, -0.1) is 0 Å². The molecule has 0 spiro atoms. The number of nitrogens with one attached hydrogen (secondary N) is 1. The van der Waals surface area contributed by atoms with Crippen LogP contribution in [0.1, 0.15) is 24.8 Å². The summed E-state index contributed by atoms with van der Waals surface area (Å²) < 4.78 is 5.18. The zero-order chi connectivity index (χ0) is 18.1. The van der Waals surface area contributed by atoms with Gasteiger partial charge >= 0.3 is 0 Å². The molecule has 5 heteroatoms. The van der Waals surface area contributed by atoms with Gasteiger partial charge in [-0.1, -0.05) is 18.2 Å². The zero-order valence-corrected chi connectivity index (χ0v) is 14.6. The fraction of sp³-hybridized carbons (Fsp3) is 0.286. The summed E-state index contributed by atoms with van der Waals surface area (Å²) in [6.07, 6.45) is 8.80. The lowest BCUT2D eigenvalue weighted by Crippen LogP contribution is -2.35. The van der Waals surface area contributed by atoms with E-state index in [1.807, 2.05) is 42.5 Å². The van der Waals surface area contributed by atoms with Crippen LogP contribution in [0.2, 0.25) is 0 Å². The van der Waals surface area contributed by atoms with Gasteiger partial charge < -0.3 is 10.1 Å². The van der Waals surface area contributed by atoms with Gasteiger partial charge in [-0.2, -0.15) is 0 Å². The molecule has 1 heterocycles. The van der Waals surface area contributed by atoms with Crippen molar-refractivity contribution in [3.8, 4) is 5.75 Å². The maximum Gasteiger partial charge on any atom is 0.251 e. The Labute approximate surface area is 152 Å². The highest BCUT2D eigenvalue weighted by Crippen LogP contribution is 2.39. The average molecular weight is 348 g/mol. The summed E-state index contributed by atoms with van der Waals surface area (Å²) in [4.78, 5) is 28.7. The number of hydrogen-bond acceptors (Lipinski definition) is 3. The van der Waals surface area contributed by atoms with Crippen LogP contribution in [0.25, 0.3) is 0 Å². The standard InChI is InChI=1S/C21H20N2O3/c1-26-15-5-2-4-13(10-15)11-20(24)22-14-8-9-17-16-6-3-7-18(16)21(25)23-19(17)12-14/h2,4-5,8-10,12,17H,3,6-7,11H2,1H3,(H,23,25). The Hall–Kier alpha value is -2.95. The van der Waals surface area contributed by atoms with Crippen molar-refractivity contribution in [3.05, 3.63) is 64.9 Å². The summed E-state index contributed by atoms with van der Waals surface area (Å²) in [6, 6.07) is 7.40. The molecule has 0 saturated heterocycles. The minimum atomic E-state index is -0.226. The fourth-order valence-corrected chi connectivity index (χ4v) is 3.80. The Morgan fingerprint density at radius 2 is 2.23 bits per heavy atom. The number of ether oxygens (including phenoxy) is 1. The molecule has 1 N–H and O–H groups in total. The number of carbonyl (C=O) groups excluding carboxylic acids is 2. The van der Waals surface area contributed by atoms with E-state index in [0.717, 1.165) is 41.8 Å². The number of hydrogen-bond donors (Lipinski definition) is 1. The van der Waals surface area contributed by atoms with E-state index >= 15 is 0 Å². The van der Waals surface area contributed by atoms with Gasteiger partial charge in [0.25, 0.3) is 11.8 Å². The molecule has 1 aromatic rings. The molecule has 0 bridgehead atoms. The third-order valence-corrected chi connectivity index (χ3v) is 5.01. The van der Waals surface area contributed by atoms with Crippen molar-refractivity contribution in [1.29, 1.82) is 0 Å². The molecule has 0 fully saturated rings. The van der Waals surface area contributed by atoms with Crippen molar-refractivity contribution in [2.45, 2.75) is 25.7 Å². The van der Waals surface area contributed by atoms with Gasteiger partial charge in [-0.25, -0.2) is 4.99 Å². The molecule has 2 amide bonds. The second-order valence-electron chi connectivity index (χ2n) is 6.71. The first-order valence-corrected chi connectivity index (χ1v) is 8.81. The number of rotatable bonds is 3. The Balaban J connectivity index is 1.52. The van der Waals surface area contributed by atoms with Crippen molar-refractivity contribution in [3.63, 3.8) is 0 Å². The van der Waals surface area contributed by atoms with E-state index in [2.05, 4.69) is 10.3 Å². The first-order valence-electron chi connectivity index (χ1n) is 8.81. The Kier molecular flexibility index (Phi) is 4.29. The highest BCUT2D eigenvalue weighted by molar-refractivity contribution is 6.11. The summed E-state index contributed by atoms with van der Waals surface area (Å²) in [5.74, 6) is 0.613. The molecule has 5 nitrogen and oxygen atoms in total. The van der Waals surface area contributed by atoms with E-state index in [9.17, 15) is 9.59 Å². The fourth-order valence-electron chi connectivity index (χ4n) is 3.80. The van der Waals surface area contributed by atoms with Crippen molar-refractivity contribution < 1.29 is 14.3 Å². The average Bonchev–Trinajstić information content (AvgIpc) is 3.12. The lowest BCUT2D eigenvalue weighted by atomic mass is 9.85. The molecule has 0 aromatic heterocycles. The number of fused-ring (bicyclic) bond motifs is 2. The first kappa shape index (κ1) is 16.5. The van der Waals surface area contributed by atoms with E-state index in [1.165, 1.54) is 5.57 Å². The van der Waals surface area contributed by atoms with Crippen molar-refractivity contribution in [2.75, 3.05) is 7.11 Å². The van der Waals surface area contributed by atoms with Gasteiger partial charge in [0.05, 0.1) is 19.2 Å². The van der Waals surface area contributed by atoms with Gasteiger partial charge in [0.2, 0.25) is 0 Å². The molecule has 0 saturated carbocycles. The number of benzene rings is 1. The number of methoxy groups -OCH3 is 1. The quantitative estimate of drug-likeness (QED) is 0.913. The lowest BCUT2D eigenvalue weighted by molar-refractivity contribution is -0.118. The maximum atomic E-state index is 12.3. The Morgan fingerprint density at radius 3 is 3.08 bits per heavy atom. The zero-order valence-electron chi connectivity index (χ0n) is 14.6. The SMILES string of the molecule is COc1cccc(CC(=O)N=C2C=CC3C(=C2)NC(=O)C2=C3CCC2)c1. The van der Waals surface area contributed by atoms with Crippen LogP contribution in [0.5, 0.6) is 5.75 Å². The van der Waals surface area contributed by atoms with E-state index in [-0.39, 0.29) is 24.2 Å². The number of nitrogens with zero attached hydrogens (tertiary/aromatic N) is 1. The number of allylic oxidation sites excluding steroid dienone is 3. The first-order chi connectivity index (χ1) is 12.6. The minimum absolute atomic E-state index is 0.00245. The van der Waals surface area contributed by atoms with Gasteiger partial charge in [-0.3, -0.25) is 9.59 Å². The molecular weight excluding hydrogens is 328 g/mol. The van der Waals surface area contributed by atoms with E-state index in [4.69, 9.17) is 4.74 Å². The molecule has 0 radical (unpaired) electrons. The monoisotopic (exact) mass is 348 g/mol. The third-order valence-electron chi connectivity index (χ3n) is 5.01. The van der Waals surface area contributed by atoms with Crippen LogP contribution < -0.4 is 10.1 Å². The van der Waals surface area contributed by atoms with E-state index in [0.29, 0.717) is 5.71 Å². The summed E-state index contributed by atoms with van der Waals surface area (Å²) in [5.41, 5.74) is 4.41. The number of aliphatic imine (C=N–C) groups is 1. The molecule has 1 aliphatic heterocycles. The van der Waals surface area contributed by atoms with Gasteiger partial charge in [0.15, 0.2) is 0 Å². The molecule has 3 aliphatic rings. The van der Waals surface area contributed by atoms with Crippen LogP contribution >= 0.6 is 0 Å². The predicted octanol–water partition coefficient (Wildman–Crippen LogP) is 2.89. The molecule has 26 heavy (non-hydrogen) atoms. The van der Waals surface area contributed by atoms with E-state index < -0.39 is 0 Å². The maximum absolute atomic E-state index is 12.3. The second kappa shape index (κ2) is 6.75. The summed E-state index contributed by atoms with van der Waals surface area (Å²) in [5, 5.41) is 2.96. The van der Waals surface area contributed by atoms with Crippen LogP contribution in [-0.4, -0.2) is 24.6 Å². The van der Waals surface area contributed by atoms with Crippen molar-refractivity contribution in [2.24, 2.45) is 10.9 Å². The predicted molar refractivity (Wildman–Crippen MR) is 98.9 cm³/mol. The van der Waals surface area contributed by atoms with Gasteiger partial charge in [0, 0.05) is 17.2 Å². The van der Waals surface area contributed by atoms with E-state index in [1.54, 1.807) is 7.11 Å².